The number of anilines is 1. The van der Waals surface area contributed by atoms with Crippen molar-refractivity contribution < 1.29 is 13.2 Å². The van der Waals surface area contributed by atoms with Crippen molar-refractivity contribution in [3.63, 3.8) is 0 Å². The average Bonchev–Trinajstić information content (AvgIpc) is 2.73. The summed E-state index contributed by atoms with van der Waals surface area (Å²) in [5.74, 6) is -0.345. The van der Waals surface area contributed by atoms with E-state index in [2.05, 4.69) is 27.7 Å². The van der Waals surface area contributed by atoms with Crippen molar-refractivity contribution in [1.29, 1.82) is 0 Å². The Morgan fingerprint density at radius 1 is 1.53 bits per heavy atom. The lowest BCUT2D eigenvalue weighted by Gasteiger charge is -2.13. The summed E-state index contributed by atoms with van der Waals surface area (Å²) in [5, 5.41) is 9.63. The fourth-order valence-electron chi connectivity index (χ4n) is 1.04. The maximum Gasteiger partial charge on any atom is 0.272 e. The van der Waals surface area contributed by atoms with Gasteiger partial charge in [0, 0.05) is 26.9 Å². The zero-order valence-corrected chi connectivity index (χ0v) is 12.7. The Morgan fingerprint density at radius 2 is 2.16 bits per heavy atom. The number of hydrogen-bond acceptors (Lipinski definition) is 7. The first-order valence-corrected chi connectivity index (χ1v) is 7.75. The van der Waals surface area contributed by atoms with Gasteiger partial charge in [0.25, 0.3) is 10.0 Å². The summed E-state index contributed by atoms with van der Waals surface area (Å²) >= 11 is 5.47. The number of thiocarbonyl (C=S) groups is 1. The molecular formula is C8H13N5O3S3. The zero-order valence-electron chi connectivity index (χ0n) is 10.3. The number of sulfonamides is 1. The van der Waals surface area contributed by atoms with Crippen LogP contribution in [0.15, 0.2) is 4.34 Å². The second kappa shape index (κ2) is 6.32. The van der Waals surface area contributed by atoms with Gasteiger partial charge in [-0.3, -0.25) is 4.79 Å². The van der Waals surface area contributed by atoms with Crippen LogP contribution in [0.25, 0.3) is 0 Å². The van der Waals surface area contributed by atoms with E-state index in [1.807, 2.05) is 0 Å². The van der Waals surface area contributed by atoms with Gasteiger partial charge in [-0.2, -0.15) is 4.31 Å². The molecule has 106 valence electrons. The maximum atomic E-state index is 12.1. The molecule has 0 spiro atoms. The van der Waals surface area contributed by atoms with Crippen molar-refractivity contribution >= 4 is 49.6 Å². The second-order valence-electron chi connectivity index (χ2n) is 3.60. The van der Waals surface area contributed by atoms with Gasteiger partial charge >= 0.3 is 0 Å². The van der Waals surface area contributed by atoms with Gasteiger partial charge in [0.05, 0.1) is 4.99 Å². The largest absolute Gasteiger partial charge is 0.393 e. The van der Waals surface area contributed by atoms with Gasteiger partial charge in [-0.25, -0.2) is 8.42 Å². The first-order valence-electron chi connectivity index (χ1n) is 5.09. The third-order valence-electron chi connectivity index (χ3n) is 1.99. The molecule has 1 heterocycles. The molecule has 0 saturated heterocycles. The van der Waals surface area contributed by atoms with Crippen LogP contribution in [0.5, 0.6) is 0 Å². The van der Waals surface area contributed by atoms with Crippen molar-refractivity contribution in [2.75, 3.05) is 18.9 Å². The SMILES string of the molecule is CC(=O)Nc1nnc(S(=O)(=O)N(C)CCC(N)=S)s1. The minimum absolute atomic E-state index is 0.133. The third-order valence-corrected chi connectivity index (χ3v) is 5.24. The molecule has 1 rings (SSSR count). The van der Waals surface area contributed by atoms with Crippen molar-refractivity contribution in [1.82, 2.24) is 14.5 Å². The van der Waals surface area contributed by atoms with E-state index in [9.17, 15) is 13.2 Å². The van der Waals surface area contributed by atoms with Crippen LogP contribution in [0, 0.1) is 0 Å². The van der Waals surface area contributed by atoms with Gasteiger partial charge < -0.3 is 11.1 Å². The summed E-state index contributed by atoms with van der Waals surface area (Å²) in [5.41, 5.74) is 5.32. The molecule has 1 aromatic rings. The quantitative estimate of drug-likeness (QED) is 0.549. The number of rotatable bonds is 6. The highest BCUT2D eigenvalue weighted by Gasteiger charge is 2.25. The van der Waals surface area contributed by atoms with Crippen LogP contribution in [-0.2, 0) is 14.8 Å². The zero-order chi connectivity index (χ0) is 14.6. The highest BCUT2D eigenvalue weighted by Crippen LogP contribution is 2.22. The molecule has 3 N–H and O–H groups in total. The third kappa shape index (κ3) is 4.45. The van der Waals surface area contributed by atoms with E-state index < -0.39 is 10.0 Å². The number of amides is 1. The number of nitrogens with one attached hydrogen (secondary N) is 1. The Hall–Kier alpha value is -1.17. The van der Waals surface area contributed by atoms with Gasteiger partial charge in [0.15, 0.2) is 0 Å². The molecule has 8 nitrogen and oxygen atoms in total. The van der Waals surface area contributed by atoms with Gasteiger partial charge in [0.2, 0.25) is 15.4 Å². The molecule has 0 bridgehead atoms. The first-order chi connectivity index (χ1) is 8.73. The van der Waals surface area contributed by atoms with Crippen LogP contribution >= 0.6 is 23.6 Å². The molecule has 1 aromatic heterocycles. The molecule has 0 radical (unpaired) electrons. The number of aromatic nitrogens is 2. The van der Waals surface area contributed by atoms with Crippen LogP contribution < -0.4 is 11.1 Å². The predicted molar refractivity (Wildman–Crippen MR) is 75.4 cm³/mol. The smallest absolute Gasteiger partial charge is 0.272 e. The summed E-state index contributed by atoms with van der Waals surface area (Å²) in [6, 6.07) is 0. The summed E-state index contributed by atoms with van der Waals surface area (Å²) in [7, 11) is -2.34. The van der Waals surface area contributed by atoms with Crippen molar-refractivity contribution in [3.8, 4) is 0 Å². The topological polar surface area (TPSA) is 118 Å². The second-order valence-corrected chi connectivity index (χ2v) is 7.32. The Bertz CT molecular complexity index is 582. The molecule has 19 heavy (non-hydrogen) atoms. The fraction of sp³-hybridized carbons (Fsp3) is 0.500. The van der Waals surface area contributed by atoms with Crippen LogP contribution in [0.4, 0.5) is 5.13 Å². The molecule has 11 heteroatoms. The Balaban J connectivity index is 2.84. The molecule has 0 aliphatic rings. The van der Waals surface area contributed by atoms with E-state index in [4.69, 9.17) is 5.73 Å². The van der Waals surface area contributed by atoms with E-state index in [-0.39, 0.29) is 33.3 Å². The molecule has 0 saturated carbocycles. The Morgan fingerprint density at radius 3 is 2.68 bits per heavy atom. The first kappa shape index (κ1) is 15.9. The van der Waals surface area contributed by atoms with E-state index in [1.165, 1.54) is 14.0 Å². The highest BCUT2D eigenvalue weighted by atomic mass is 32.2. The molecule has 0 aliphatic carbocycles. The van der Waals surface area contributed by atoms with Crippen LogP contribution in [0.2, 0.25) is 0 Å². The van der Waals surface area contributed by atoms with E-state index in [0.29, 0.717) is 0 Å². The Labute approximate surface area is 120 Å². The molecule has 0 aromatic carbocycles. The number of hydrogen-bond donors (Lipinski definition) is 2. The molecule has 1 amide bonds. The molecule has 0 unspecified atom stereocenters. The normalized spacial score (nSPS) is 11.5. The van der Waals surface area contributed by atoms with E-state index in [0.717, 1.165) is 15.6 Å². The van der Waals surface area contributed by atoms with E-state index >= 15 is 0 Å². The maximum absolute atomic E-state index is 12.1. The minimum Gasteiger partial charge on any atom is -0.393 e. The van der Waals surface area contributed by atoms with Crippen LogP contribution in [0.3, 0.4) is 0 Å². The van der Waals surface area contributed by atoms with Crippen LogP contribution in [0.1, 0.15) is 13.3 Å². The van der Waals surface area contributed by atoms with Crippen molar-refractivity contribution in [3.05, 3.63) is 0 Å². The van der Waals surface area contributed by atoms with Gasteiger partial charge in [-0.05, 0) is 0 Å². The minimum atomic E-state index is -3.74. The average molecular weight is 323 g/mol. The summed E-state index contributed by atoms with van der Waals surface area (Å²) in [6.45, 7) is 1.45. The molecular weight excluding hydrogens is 310 g/mol. The van der Waals surface area contributed by atoms with Crippen molar-refractivity contribution in [2.24, 2.45) is 5.73 Å². The predicted octanol–water partition coefficient (Wildman–Crippen LogP) is -0.207. The van der Waals surface area contributed by atoms with Gasteiger partial charge in [-0.1, -0.05) is 23.6 Å². The number of carbonyl (C=O) groups excluding carboxylic acids is 1. The molecule has 0 aliphatic heterocycles. The number of nitrogens with two attached hydrogens (primary N) is 1. The Kier molecular flexibility index (Phi) is 5.29. The van der Waals surface area contributed by atoms with Gasteiger partial charge in [0.1, 0.15) is 0 Å². The van der Waals surface area contributed by atoms with E-state index in [1.54, 1.807) is 0 Å². The monoisotopic (exact) mass is 323 g/mol. The number of nitrogens with zero attached hydrogens (tertiary/aromatic N) is 3. The fourth-order valence-corrected chi connectivity index (χ4v) is 3.43. The number of carbonyl (C=O) groups is 1. The molecule has 0 fully saturated rings. The summed E-state index contributed by atoms with van der Waals surface area (Å²) < 4.78 is 25.1. The highest BCUT2D eigenvalue weighted by molar-refractivity contribution is 7.91. The van der Waals surface area contributed by atoms with Gasteiger partial charge in [-0.15, -0.1) is 10.2 Å². The molecule has 0 atom stereocenters. The van der Waals surface area contributed by atoms with Crippen molar-refractivity contribution in [2.45, 2.75) is 17.7 Å². The standard InChI is InChI=1S/C8H13N5O3S3/c1-5(14)10-7-11-12-8(18-7)19(15,16)13(2)4-3-6(9)17/h3-4H2,1-2H3,(H2,9,17)(H,10,11,14). The lowest BCUT2D eigenvalue weighted by molar-refractivity contribution is -0.114. The summed E-state index contributed by atoms with van der Waals surface area (Å²) in [6.07, 6.45) is 0.280. The van der Waals surface area contributed by atoms with Crippen LogP contribution in [-0.4, -0.2) is 47.4 Å². The summed E-state index contributed by atoms with van der Waals surface area (Å²) in [4.78, 5) is 11.1. The lowest BCUT2D eigenvalue weighted by Crippen LogP contribution is -2.30. The lowest BCUT2D eigenvalue weighted by atomic mass is 10.4.